The Bertz CT molecular complexity index is 1130. The van der Waals surface area contributed by atoms with Crippen LogP contribution in [-0.2, 0) is 11.3 Å². The zero-order chi connectivity index (χ0) is 23.3. The number of carbonyl (C=O) groups is 2. The van der Waals surface area contributed by atoms with E-state index < -0.39 is 18.9 Å². The number of benzene rings is 1. The summed E-state index contributed by atoms with van der Waals surface area (Å²) in [6.45, 7) is 0.671. The molecule has 0 unspecified atom stereocenters. The van der Waals surface area contributed by atoms with Gasteiger partial charge in [-0.3, -0.25) is 19.6 Å². The maximum Gasteiger partial charge on any atom is 0.256 e. The van der Waals surface area contributed by atoms with Gasteiger partial charge in [-0.15, -0.1) is 0 Å². The van der Waals surface area contributed by atoms with Gasteiger partial charge >= 0.3 is 0 Å². The number of nitrogen functional groups attached to an aromatic ring is 1. The summed E-state index contributed by atoms with van der Waals surface area (Å²) in [4.78, 5) is 33.3. The number of anilines is 2. The highest BCUT2D eigenvalue weighted by Gasteiger charge is 2.20. The lowest BCUT2D eigenvalue weighted by Gasteiger charge is -2.22. The summed E-state index contributed by atoms with van der Waals surface area (Å²) >= 11 is 6.25. The Balaban J connectivity index is 1.72. The van der Waals surface area contributed by atoms with Crippen LogP contribution in [0.4, 0.5) is 20.2 Å². The number of nitrogens with one attached hydrogen (secondary N) is 1. The fourth-order valence-corrected chi connectivity index (χ4v) is 3.26. The maximum atomic E-state index is 12.8. The van der Waals surface area contributed by atoms with Crippen molar-refractivity contribution < 1.29 is 18.4 Å². The van der Waals surface area contributed by atoms with Crippen molar-refractivity contribution in [1.82, 2.24) is 15.3 Å². The minimum Gasteiger partial charge on any atom is -0.398 e. The van der Waals surface area contributed by atoms with Crippen molar-refractivity contribution in [3.63, 3.8) is 0 Å². The Labute approximate surface area is 188 Å². The zero-order valence-electron chi connectivity index (χ0n) is 17.1. The third-order valence-electron chi connectivity index (χ3n) is 4.64. The number of carbonyl (C=O) groups excluding carboxylic acids is 2. The van der Waals surface area contributed by atoms with E-state index in [2.05, 4.69) is 15.3 Å². The molecule has 0 radical (unpaired) electrons. The van der Waals surface area contributed by atoms with Crippen molar-refractivity contribution in [2.45, 2.75) is 19.9 Å². The Kier molecular flexibility index (Phi) is 7.32. The summed E-state index contributed by atoms with van der Waals surface area (Å²) in [5, 5.41) is 2.89. The molecule has 0 saturated heterocycles. The lowest BCUT2D eigenvalue weighted by molar-refractivity contribution is -0.117. The molecule has 2 aromatic heterocycles. The minimum atomic E-state index is -2.69. The third kappa shape index (κ3) is 5.55. The molecule has 0 aliphatic heterocycles. The van der Waals surface area contributed by atoms with Gasteiger partial charge in [0.1, 0.15) is 0 Å². The molecule has 0 aliphatic carbocycles. The topological polar surface area (TPSA) is 101 Å². The second kappa shape index (κ2) is 10.1. The van der Waals surface area contributed by atoms with Crippen molar-refractivity contribution >= 4 is 34.8 Å². The van der Waals surface area contributed by atoms with Gasteiger partial charge in [-0.25, -0.2) is 8.78 Å². The van der Waals surface area contributed by atoms with Crippen LogP contribution in [0.1, 0.15) is 22.8 Å². The lowest BCUT2D eigenvalue weighted by Crippen LogP contribution is -2.33. The summed E-state index contributed by atoms with van der Waals surface area (Å²) < 4.78 is 25.6. The van der Waals surface area contributed by atoms with Crippen molar-refractivity contribution in [2.75, 3.05) is 17.2 Å². The van der Waals surface area contributed by atoms with Gasteiger partial charge in [0.05, 0.1) is 28.5 Å². The maximum absolute atomic E-state index is 12.8. The first kappa shape index (κ1) is 23.1. The molecular formula is C22H20ClF2N5O2. The summed E-state index contributed by atoms with van der Waals surface area (Å²) in [5.74, 6) is -0.869. The van der Waals surface area contributed by atoms with Gasteiger partial charge in [-0.1, -0.05) is 17.7 Å². The van der Waals surface area contributed by atoms with Crippen LogP contribution in [-0.4, -0.2) is 34.8 Å². The van der Waals surface area contributed by atoms with E-state index in [9.17, 15) is 18.4 Å². The van der Waals surface area contributed by atoms with Crippen LogP contribution in [0, 0.1) is 0 Å². The van der Waals surface area contributed by atoms with Crippen LogP contribution in [0.15, 0.2) is 55.0 Å². The first-order valence-electron chi connectivity index (χ1n) is 9.55. The summed E-state index contributed by atoms with van der Waals surface area (Å²) in [5.41, 5.74) is 8.74. The molecule has 1 aromatic carbocycles. The monoisotopic (exact) mass is 459 g/mol. The largest absolute Gasteiger partial charge is 0.398 e. The molecule has 0 spiro atoms. The minimum absolute atomic E-state index is 0.135. The quantitative estimate of drug-likeness (QED) is 0.557. The average molecular weight is 460 g/mol. The zero-order valence-corrected chi connectivity index (χ0v) is 17.8. The van der Waals surface area contributed by atoms with Crippen LogP contribution in [0.2, 0.25) is 5.02 Å². The highest BCUT2D eigenvalue weighted by Crippen LogP contribution is 2.31. The SMILES string of the molecule is CC(=O)N(CC(F)F)c1ccc(-c2ccc(C(=O)NCc3cnccc3N)cn2)cc1Cl. The van der Waals surface area contributed by atoms with Gasteiger partial charge in [-0.05, 0) is 30.3 Å². The van der Waals surface area contributed by atoms with Gasteiger partial charge in [0.15, 0.2) is 0 Å². The Morgan fingerprint density at radius 1 is 1.19 bits per heavy atom. The predicted molar refractivity (Wildman–Crippen MR) is 119 cm³/mol. The molecular weight excluding hydrogens is 440 g/mol. The molecule has 0 aliphatic rings. The van der Waals surface area contributed by atoms with E-state index in [4.69, 9.17) is 17.3 Å². The van der Waals surface area contributed by atoms with E-state index in [1.807, 2.05) is 0 Å². The molecule has 2 amide bonds. The Hall–Kier alpha value is -3.59. The van der Waals surface area contributed by atoms with Crippen LogP contribution in [0.3, 0.4) is 0 Å². The fraction of sp³-hybridized carbons (Fsp3) is 0.182. The molecule has 3 N–H and O–H groups in total. The van der Waals surface area contributed by atoms with E-state index in [-0.39, 0.29) is 23.2 Å². The third-order valence-corrected chi connectivity index (χ3v) is 4.94. The Morgan fingerprint density at radius 2 is 1.97 bits per heavy atom. The number of rotatable bonds is 7. The second-order valence-electron chi connectivity index (χ2n) is 6.88. The molecule has 0 bridgehead atoms. The van der Waals surface area contributed by atoms with Crippen LogP contribution in [0.5, 0.6) is 0 Å². The number of amides is 2. The summed E-state index contributed by atoms with van der Waals surface area (Å²) in [6.07, 6.45) is 1.87. The molecule has 0 atom stereocenters. The van der Waals surface area contributed by atoms with Gasteiger partial charge in [-0.2, -0.15) is 0 Å². The van der Waals surface area contributed by atoms with Gasteiger partial charge in [0.2, 0.25) is 5.91 Å². The molecule has 3 rings (SSSR count). The van der Waals surface area contributed by atoms with Crippen molar-refractivity contribution in [1.29, 1.82) is 0 Å². The van der Waals surface area contributed by atoms with Gasteiger partial charge in [0.25, 0.3) is 12.3 Å². The molecule has 0 saturated carbocycles. The molecule has 3 aromatic rings. The number of pyridine rings is 2. The van der Waals surface area contributed by atoms with Crippen LogP contribution in [0.25, 0.3) is 11.3 Å². The van der Waals surface area contributed by atoms with Gasteiger partial charge < -0.3 is 16.0 Å². The highest BCUT2D eigenvalue weighted by atomic mass is 35.5. The molecule has 7 nitrogen and oxygen atoms in total. The van der Waals surface area contributed by atoms with Crippen LogP contribution < -0.4 is 16.0 Å². The smallest absolute Gasteiger partial charge is 0.256 e. The van der Waals surface area contributed by atoms with Crippen molar-refractivity contribution in [3.8, 4) is 11.3 Å². The lowest BCUT2D eigenvalue weighted by atomic mass is 10.1. The molecule has 166 valence electrons. The molecule has 10 heteroatoms. The Morgan fingerprint density at radius 3 is 2.56 bits per heavy atom. The molecule has 2 heterocycles. The van der Waals surface area contributed by atoms with E-state index >= 15 is 0 Å². The standard InChI is InChI=1S/C22H20ClF2N5O2/c1-13(31)30(12-21(24)25)20-5-3-14(8-17(20)23)19-4-2-15(10-28-19)22(32)29-11-16-9-27-7-6-18(16)26/h2-10,21H,11-12H2,1H3,(H2,26,27)(H,29,32). The molecule has 32 heavy (non-hydrogen) atoms. The highest BCUT2D eigenvalue weighted by molar-refractivity contribution is 6.34. The second-order valence-corrected chi connectivity index (χ2v) is 7.28. The fourth-order valence-electron chi connectivity index (χ4n) is 2.98. The van der Waals surface area contributed by atoms with E-state index in [1.54, 1.807) is 36.7 Å². The number of nitrogens with two attached hydrogens (primary N) is 1. The van der Waals surface area contributed by atoms with Crippen molar-refractivity contribution in [2.24, 2.45) is 0 Å². The summed E-state index contributed by atoms with van der Waals surface area (Å²) in [7, 11) is 0. The number of hydrogen-bond donors (Lipinski definition) is 2. The first-order valence-corrected chi connectivity index (χ1v) is 9.93. The number of aromatic nitrogens is 2. The van der Waals surface area contributed by atoms with Crippen molar-refractivity contribution in [3.05, 3.63) is 71.1 Å². The number of alkyl halides is 2. The van der Waals surface area contributed by atoms with E-state index in [0.717, 1.165) is 4.90 Å². The number of hydrogen-bond acceptors (Lipinski definition) is 5. The predicted octanol–water partition coefficient (Wildman–Crippen LogP) is 3.93. The van der Waals surface area contributed by atoms with Gasteiger partial charge in [0, 0.05) is 48.9 Å². The number of halogens is 3. The van der Waals surface area contributed by atoms with Crippen LogP contribution >= 0.6 is 11.6 Å². The summed E-state index contributed by atoms with van der Waals surface area (Å²) in [6, 6.07) is 9.53. The molecule has 0 fully saturated rings. The normalized spacial score (nSPS) is 10.8. The van der Waals surface area contributed by atoms with E-state index in [0.29, 0.717) is 28.1 Å². The van der Waals surface area contributed by atoms with E-state index in [1.165, 1.54) is 25.3 Å². The average Bonchev–Trinajstić information content (AvgIpc) is 2.77. The number of nitrogens with zero attached hydrogens (tertiary/aromatic N) is 3. The first-order chi connectivity index (χ1) is 15.3.